The van der Waals surface area contributed by atoms with Gasteiger partial charge in [0.15, 0.2) is 5.11 Å². The van der Waals surface area contributed by atoms with Crippen molar-refractivity contribution < 1.29 is 9.59 Å². The molecule has 0 aliphatic carbocycles. The molecule has 0 radical (unpaired) electrons. The van der Waals surface area contributed by atoms with Crippen molar-refractivity contribution in [1.82, 2.24) is 10.6 Å². The number of carbonyl (C=O) groups excluding carboxylic acids is 2. The van der Waals surface area contributed by atoms with E-state index in [4.69, 9.17) is 23.8 Å². The first kappa shape index (κ1) is 20.3. The molecule has 0 fully saturated rings. The van der Waals surface area contributed by atoms with Gasteiger partial charge in [-0.25, -0.2) is 0 Å². The van der Waals surface area contributed by atoms with E-state index >= 15 is 0 Å². The molecule has 1 heterocycles. The largest absolute Gasteiger partial charge is 0.352 e. The highest BCUT2D eigenvalue weighted by atomic mass is 35.5. The maximum Gasteiger partial charge on any atom is 0.269 e. The van der Waals surface area contributed by atoms with Crippen molar-refractivity contribution in [2.45, 2.75) is 13.3 Å². The molecule has 28 heavy (non-hydrogen) atoms. The summed E-state index contributed by atoms with van der Waals surface area (Å²) < 4.78 is 0.925. The van der Waals surface area contributed by atoms with Crippen LogP contribution in [0.25, 0.3) is 10.1 Å². The Labute approximate surface area is 177 Å². The van der Waals surface area contributed by atoms with Gasteiger partial charge in [0.25, 0.3) is 11.8 Å². The molecule has 3 aromatic rings. The number of thiophene rings is 1. The molecule has 5 nitrogen and oxygen atoms in total. The van der Waals surface area contributed by atoms with E-state index < -0.39 is 5.91 Å². The lowest BCUT2D eigenvalue weighted by Crippen LogP contribution is -2.34. The Morgan fingerprint density at radius 1 is 1.07 bits per heavy atom. The Morgan fingerprint density at radius 3 is 2.54 bits per heavy atom. The van der Waals surface area contributed by atoms with E-state index in [1.807, 2.05) is 31.2 Å². The highest BCUT2D eigenvalue weighted by Gasteiger charge is 2.18. The number of carbonyl (C=O) groups is 2. The van der Waals surface area contributed by atoms with E-state index in [1.54, 1.807) is 24.3 Å². The lowest BCUT2D eigenvalue weighted by atomic mass is 10.1. The molecule has 0 aliphatic rings. The fraction of sp³-hybridized carbons (Fsp3) is 0.150. The Hall–Kier alpha value is -2.48. The summed E-state index contributed by atoms with van der Waals surface area (Å²) in [5.41, 5.74) is 0.969. The van der Waals surface area contributed by atoms with Gasteiger partial charge in [-0.1, -0.05) is 48.9 Å². The summed E-state index contributed by atoms with van der Waals surface area (Å²) >= 11 is 12.9. The minimum atomic E-state index is -0.392. The number of para-hydroxylation sites is 1. The fourth-order valence-corrected chi connectivity index (χ4v) is 4.21. The first-order chi connectivity index (χ1) is 13.5. The van der Waals surface area contributed by atoms with Crippen LogP contribution >= 0.6 is 35.2 Å². The van der Waals surface area contributed by atoms with Crippen LogP contribution in [-0.2, 0) is 0 Å². The molecular formula is C20H18ClN3O2S2. The second kappa shape index (κ2) is 9.14. The van der Waals surface area contributed by atoms with Crippen LogP contribution in [0.2, 0.25) is 5.02 Å². The van der Waals surface area contributed by atoms with Gasteiger partial charge in [0, 0.05) is 16.6 Å². The third-order valence-electron chi connectivity index (χ3n) is 3.92. The molecule has 0 spiro atoms. The van der Waals surface area contributed by atoms with E-state index in [1.165, 1.54) is 11.3 Å². The molecule has 2 aromatic carbocycles. The van der Waals surface area contributed by atoms with Crippen molar-refractivity contribution in [3.05, 3.63) is 64.0 Å². The maximum atomic E-state index is 12.6. The van der Waals surface area contributed by atoms with E-state index in [-0.39, 0.29) is 11.0 Å². The molecule has 0 saturated heterocycles. The van der Waals surface area contributed by atoms with Gasteiger partial charge in [-0.2, -0.15) is 0 Å². The van der Waals surface area contributed by atoms with E-state index in [0.29, 0.717) is 27.7 Å². The molecule has 0 atom stereocenters. The number of hydrogen-bond donors (Lipinski definition) is 3. The van der Waals surface area contributed by atoms with Crippen LogP contribution in [0.3, 0.4) is 0 Å². The molecular weight excluding hydrogens is 414 g/mol. The van der Waals surface area contributed by atoms with E-state index in [9.17, 15) is 9.59 Å². The zero-order valence-corrected chi connectivity index (χ0v) is 17.4. The number of benzene rings is 2. The van der Waals surface area contributed by atoms with Gasteiger partial charge in [0.1, 0.15) is 4.88 Å². The van der Waals surface area contributed by atoms with Crippen molar-refractivity contribution in [3.8, 4) is 0 Å². The van der Waals surface area contributed by atoms with Gasteiger partial charge in [-0.05, 0) is 36.8 Å². The first-order valence-corrected chi connectivity index (χ1v) is 10.3. The average molecular weight is 432 g/mol. The summed E-state index contributed by atoms with van der Waals surface area (Å²) in [6.07, 6.45) is 0.839. The summed E-state index contributed by atoms with van der Waals surface area (Å²) in [5.74, 6) is -0.594. The van der Waals surface area contributed by atoms with Crippen molar-refractivity contribution in [2.24, 2.45) is 0 Å². The predicted octanol–water partition coefficient (Wildman–Crippen LogP) is 4.82. The standard InChI is InChI=1S/C20H18ClN3O2S2/c1-2-11-22-18(25)12-7-3-5-9-14(12)23-20(27)24-19(26)17-16(21)13-8-4-6-10-15(13)28-17/h3-10H,2,11H2,1H3,(H,22,25)(H2,23,24,26,27). The van der Waals surface area contributed by atoms with Gasteiger partial charge in [0.05, 0.1) is 16.3 Å². The molecule has 8 heteroatoms. The zero-order valence-electron chi connectivity index (χ0n) is 15.0. The number of fused-ring (bicyclic) bond motifs is 1. The monoisotopic (exact) mass is 431 g/mol. The summed E-state index contributed by atoms with van der Waals surface area (Å²) in [5, 5.41) is 9.70. The first-order valence-electron chi connectivity index (χ1n) is 8.67. The summed E-state index contributed by atoms with van der Waals surface area (Å²) in [7, 11) is 0. The topological polar surface area (TPSA) is 70.2 Å². The molecule has 3 rings (SSSR count). The number of amides is 2. The third-order valence-corrected chi connectivity index (χ3v) is 5.80. The van der Waals surface area contributed by atoms with Crippen molar-refractivity contribution >= 4 is 67.9 Å². The second-order valence-corrected chi connectivity index (χ2v) is 7.79. The van der Waals surface area contributed by atoms with Crippen LogP contribution in [0.4, 0.5) is 5.69 Å². The molecule has 0 saturated carbocycles. The molecule has 1 aromatic heterocycles. The number of hydrogen-bond acceptors (Lipinski definition) is 4. The van der Waals surface area contributed by atoms with Gasteiger partial charge in [-0.3, -0.25) is 14.9 Å². The summed E-state index contributed by atoms with van der Waals surface area (Å²) in [6.45, 7) is 2.56. The fourth-order valence-electron chi connectivity index (χ4n) is 2.60. The lowest BCUT2D eigenvalue weighted by Gasteiger charge is -2.13. The number of halogens is 1. The zero-order chi connectivity index (χ0) is 20.1. The molecule has 3 N–H and O–H groups in total. The van der Waals surface area contributed by atoms with Crippen molar-refractivity contribution in [1.29, 1.82) is 0 Å². The molecule has 0 aliphatic heterocycles. The van der Waals surface area contributed by atoms with Crippen LogP contribution in [0.5, 0.6) is 0 Å². The van der Waals surface area contributed by atoms with Crippen LogP contribution in [-0.4, -0.2) is 23.5 Å². The van der Waals surface area contributed by atoms with Gasteiger partial charge >= 0.3 is 0 Å². The van der Waals surface area contributed by atoms with Crippen molar-refractivity contribution in [3.63, 3.8) is 0 Å². The SMILES string of the molecule is CCCNC(=O)c1ccccc1NC(=S)NC(=O)c1sc2ccccc2c1Cl. The lowest BCUT2D eigenvalue weighted by molar-refractivity contribution is 0.0952. The summed E-state index contributed by atoms with van der Waals surface area (Å²) in [4.78, 5) is 25.3. The summed E-state index contributed by atoms with van der Waals surface area (Å²) in [6, 6.07) is 14.5. The Morgan fingerprint density at radius 2 is 1.79 bits per heavy atom. The highest BCUT2D eigenvalue weighted by molar-refractivity contribution is 7.80. The van der Waals surface area contributed by atoms with Gasteiger partial charge in [-0.15, -0.1) is 11.3 Å². The van der Waals surface area contributed by atoms with E-state index in [0.717, 1.165) is 16.5 Å². The van der Waals surface area contributed by atoms with Gasteiger partial charge < -0.3 is 10.6 Å². The normalized spacial score (nSPS) is 10.5. The second-order valence-electron chi connectivity index (χ2n) is 5.95. The molecule has 2 amide bonds. The number of nitrogens with one attached hydrogen (secondary N) is 3. The third kappa shape index (κ3) is 4.49. The van der Waals surface area contributed by atoms with Crippen LogP contribution in [0, 0.1) is 0 Å². The Balaban J connectivity index is 1.73. The average Bonchev–Trinajstić information content (AvgIpc) is 3.03. The highest BCUT2D eigenvalue weighted by Crippen LogP contribution is 2.35. The minimum absolute atomic E-state index is 0.0919. The minimum Gasteiger partial charge on any atom is -0.352 e. The molecule has 0 unspecified atom stereocenters. The number of rotatable bonds is 5. The Kier molecular flexibility index (Phi) is 6.61. The van der Waals surface area contributed by atoms with Gasteiger partial charge in [0.2, 0.25) is 0 Å². The maximum absolute atomic E-state index is 12.6. The smallest absolute Gasteiger partial charge is 0.269 e. The van der Waals surface area contributed by atoms with Crippen LogP contribution in [0.15, 0.2) is 48.5 Å². The number of thiocarbonyl (C=S) groups is 1. The van der Waals surface area contributed by atoms with Crippen LogP contribution in [0.1, 0.15) is 33.4 Å². The predicted molar refractivity (Wildman–Crippen MR) is 120 cm³/mol. The Bertz CT molecular complexity index is 1050. The number of anilines is 1. The molecule has 144 valence electrons. The van der Waals surface area contributed by atoms with Crippen molar-refractivity contribution in [2.75, 3.05) is 11.9 Å². The van der Waals surface area contributed by atoms with E-state index in [2.05, 4.69) is 16.0 Å². The quantitative estimate of drug-likeness (QED) is 0.506. The van der Waals surface area contributed by atoms with Crippen LogP contribution < -0.4 is 16.0 Å². The molecule has 0 bridgehead atoms.